The highest BCUT2D eigenvalue weighted by Crippen LogP contribution is 2.55. The van der Waals surface area contributed by atoms with E-state index in [0.717, 1.165) is 5.56 Å². The molecule has 0 radical (unpaired) electrons. The fraction of sp³-hybridized carbons (Fsp3) is 0.312. The van der Waals surface area contributed by atoms with Gasteiger partial charge in [0.2, 0.25) is 17.7 Å². The number of hydrogen-bond donors (Lipinski definition) is 2. The van der Waals surface area contributed by atoms with Crippen molar-refractivity contribution in [2.75, 3.05) is 21.7 Å². The van der Waals surface area contributed by atoms with Crippen LogP contribution in [0, 0.1) is 24.7 Å². The highest BCUT2D eigenvalue weighted by Gasteiger charge is 2.71. The number of carbonyl (C=O) groups is 4. The van der Waals surface area contributed by atoms with Gasteiger partial charge < -0.3 is 10.2 Å². The number of nitrogens with one attached hydrogen (secondary N) is 2. The lowest BCUT2D eigenvalue weighted by molar-refractivity contribution is -0.132. The molecule has 2 N–H and O–H groups in total. The van der Waals surface area contributed by atoms with Gasteiger partial charge in [-0.25, -0.2) is 4.90 Å². The van der Waals surface area contributed by atoms with Gasteiger partial charge in [0.05, 0.1) is 17.5 Å². The molecule has 0 aliphatic carbocycles. The molecule has 4 amide bonds. The molecule has 3 aromatic carbocycles. The summed E-state index contributed by atoms with van der Waals surface area (Å²) in [7, 11) is 0. The summed E-state index contributed by atoms with van der Waals surface area (Å²) in [5, 5.41) is 6.38. The van der Waals surface area contributed by atoms with Crippen LogP contribution < -0.4 is 20.4 Å². The maximum Gasteiger partial charge on any atom is 0.253 e. The average molecular weight is 537 g/mol. The van der Waals surface area contributed by atoms with Crippen molar-refractivity contribution in [3.8, 4) is 0 Å². The number of rotatable bonds is 6. The van der Waals surface area contributed by atoms with Gasteiger partial charge >= 0.3 is 0 Å². The number of nitrogens with zero attached hydrogens (tertiary/aromatic N) is 2. The number of imide groups is 1. The Bertz CT molecular complexity index is 1500. The molecule has 0 saturated carbocycles. The monoisotopic (exact) mass is 536 g/mol. The number of para-hydroxylation sites is 2. The van der Waals surface area contributed by atoms with Gasteiger partial charge in [-0.15, -0.1) is 0 Å². The van der Waals surface area contributed by atoms with Gasteiger partial charge in [-0.05, 0) is 49.6 Å². The SMILES string of the molecule is Cc1ccc(NC(=O)CN2C(=O)[C@@]3(N[C@@H](CC(C)C)[C@H]4C(=O)N(c5ccccc5)C(=O)[C@H]43)c3ccccc32)cc1. The smallest absolute Gasteiger partial charge is 0.253 e. The van der Waals surface area contributed by atoms with Crippen molar-refractivity contribution in [2.45, 2.75) is 38.8 Å². The number of anilines is 3. The Morgan fingerprint density at radius 2 is 1.60 bits per heavy atom. The summed E-state index contributed by atoms with van der Waals surface area (Å²) in [5.74, 6) is -2.82. The fourth-order valence-electron chi connectivity index (χ4n) is 6.63. The van der Waals surface area contributed by atoms with Gasteiger partial charge in [0.1, 0.15) is 12.1 Å². The molecule has 0 aromatic heterocycles. The lowest BCUT2D eigenvalue weighted by Gasteiger charge is -2.31. The second-order valence-electron chi connectivity index (χ2n) is 11.4. The molecule has 3 aliphatic heterocycles. The number of fused-ring (bicyclic) bond motifs is 4. The second-order valence-corrected chi connectivity index (χ2v) is 11.4. The minimum Gasteiger partial charge on any atom is -0.325 e. The minimum absolute atomic E-state index is 0.218. The Kier molecular flexibility index (Phi) is 6.30. The number of hydrogen-bond acceptors (Lipinski definition) is 5. The Balaban J connectivity index is 1.40. The van der Waals surface area contributed by atoms with Crippen LogP contribution in [0.4, 0.5) is 17.1 Å². The summed E-state index contributed by atoms with van der Waals surface area (Å²) in [6, 6.07) is 23.2. The Hall–Kier alpha value is -4.30. The third-order valence-electron chi connectivity index (χ3n) is 8.24. The van der Waals surface area contributed by atoms with E-state index in [9.17, 15) is 19.2 Å². The molecule has 8 nitrogen and oxygen atoms in total. The van der Waals surface area contributed by atoms with Crippen molar-refractivity contribution in [1.82, 2.24) is 5.32 Å². The predicted molar refractivity (Wildman–Crippen MR) is 153 cm³/mol. The molecule has 3 heterocycles. The van der Waals surface area contributed by atoms with Crippen LogP contribution >= 0.6 is 0 Å². The van der Waals surface area contributed by atoms with Crippen molar-refractivity contribution in [3.63, 3.8) is 0 Å². The van der Waals surface area contributed by atoms with Crippen molar-refractivity contribution >= 4 is 40.7 Å². The summed E-state index contributed by atoms with van der Waals surface area (Å²) in [6.07, 6.45) is 0.619. The van der Waals surface area contributed by atoms with Crippen LogP contribution in [-0.2, 0) is 24.7 Å². The minimum atomic E-state index is -1.44. The Labute approximate surface area is 233 Å². The summed E-state index contributed by atoms with van der Waals surface area (Å²) >= 11 is 0. The summed E-state index contributed by atoms with van der Waals surface area (Å²) in [6.45, 7) is 5.87. The first-order chi connectivity index (χ1) is 19.2. The normalized spacial score (nSPS) is 25.2. The number of amides is 4. The van der Waals surface area contributed by atoms with E-state index in [1.54, 1.807) is 30.3 Å². The fourth-order valence-corrected chi connectivity index (χ4v) is 6.63. The lowest BCUT2D eigenvalue weighted by atomic mass is 9.76. The molecule has 0 unspecified atom stereocenters. The van der Waals surface area contributed by atoms with Crippen LogP contribution in [0.5, 0.6) is 0 Å². The topological polar surface area (TPSA) is 98.8 Å². The number of carbonyl (C=O) groups excluding carboxylic acids is 4. The first-order valence-corrected chi connectivity index (χ1v) is 13.7. The number of benzene rings is 3. The zero-order valence-electron chi connectivity index (χ0n) is 22.8. The summed E-state index contributed by atoms with van der Waals surface area (Å²) in [5.41, 5.74) is 1.96. The molecule has 2 fully saturated rings. The molecule has 40 heavy (non-hydrogen) atoms. The van der Waals surface area contributed by atoms with Crippen LogP contribution in [0.15, 0.2) is 78.9 Å². The van der Waals surface area contributed by atoms with Gasteiger partial charge in [-0.1, -0.05) is 67.9 Å². The van der Waals surface area contributed by atoms with E-state index in [1.807, 2.05) is 55.5 Å². The second kappa shape index (κ2) is 9.71. The van der Waals surface area contributed by atoms with Crippen LogP contribution in [0.2, 0.25) is 0 Å². The zero-order valence-corrected chi connectivity index (χ0v) is 22.8. The molecule has 3 aromatic rings. The molecule has 6 rings (SSSR count). The molecule has 204 valence electrons. The van der Waals surface area contributed by atoms with Gasteiger partial charge in [-0.2, -0.15) is 0 Å². The van der Waals surface area contributed by atoms with Crippen LogP contribution in [0.1, 0.15) is 31.4 Å². The van der Waals surface area contributed by atoms with E-state index in [1.165, 1.54) is 9.80 Å². The first-order valence-electron chi connectivity index (χ1n) is 13.7. The van der Waals surface area contributed by atoms with Crippen molar-refractivity contribution in [3.05, 3.63) is 90.0 Å². The average Bonchev–Trinajstić information content (AvgIpc) is 3.49. The molecule has 8 heteroatoms. The predicted octanol–water partition coefficient (Wildman–Crippen LogP) is 4.00. The molecular weight excluding hydrogens is 504 g/mol. The maximum absolute atomic E-state index is 14.5. The Morgan fingerprint density at radius 3 is 2.30 bits per heavy atom. The molecule has 4 atom stereocenters. The lowest BCUT2D eigenvalue weighted by Crippen LogP contribution is -2.56. The van der Waals surface area contributed by atoms with E-state index in [-0.39, 0.29) is 36.2 Å². The largest absolute Gasteiger partial charge is 0.325 e. The molecule has 3 aliphatic rings. The van der Waals surface area contributed by atoms with Crippen molar-refractivity contribution in [1.29, 1.82) is 0 Å². The van der Waals surface area contributed by atoms with E-state index in [0.29, 0.717) is 29.0 Å². The quantitative estimate of drug-likeness (QED) is 0.464. The molecular formula is C32H32N4O4. The Morgan fingerprint density at radius 1 is 0.925 bits per heavy atom. The zero-order chi connectivity index (χ0) is 28.2. The third-order valence-corrected chi connectivity index (χ3v) is 8.24. The summed E-state index contributed by atoms with van der Waals surface area (Å²) < 4.78 is 0. The maximum atomic E-state index is 14.5. The first kappa shape index (κ1) is 26.0. The van der Waals surface area contributed by atoms with E-state index < -0.39 is 23.3 Å². The van der Waals surface area contributed by atoms with Crippen molar-refractivity contribution < 1.29 is 19.2 Å². The highest BCUT2D eigenvalue weighted by atomic mass is 16.2. The molecule has 0 bridgehead atoms. The van der Waals surface area contributed by atoms with E-state index in [4.69, 9.17) is 0 Å². The van der Waals surface area contributed by atoms with Crippen LogP contribution in [0.3, 0.4) is 0 Å². The third kappa shape index (κ3) is 3.93. The molecule has 1 spiro atoms. The van der Waals surface area contributed by atoms with Crippen LogP contribution in [-0.4, -0.2) is 36.2 Å². The van der Waals surface area contributed by atoms with Gasteiger partial charge in [0.25, 0.3) is 5.91 Å². The van der Waals surface area contributed by atoms with E-state index >= 15 is 0 Å². The standard InChI is InChI=1S/C32H32N4O4/c1-19(2)17-24-27-28(30(39)36(29(27)38)22-9-5-4-6-10-22)32(34-24)23-11-7-8-12-25(23)35(31(32)40)18-26(37)33-21-15-13-20(3)14-16-21/h4-16,19,24,27-28,34H,17-18H2,1-3H3,(H,33,37)/t24-,27+,28-,32+/m0/s1. The highest BCUT2D eigenvalue weighted by molar-refractivity contribution is 6.26. The summed E-state index contributed by atoms with van der Waals surface area (Å²) in [4.78, 5) is 58.4. The van der Waals surface area contributed by atoms with Gasteiger partial charge in [0.15, 0.2) is 0 Å². The van der Waals surface area contributed by atoms with Crippen LogP contribution in [0.25, 0.3) is 0 Å². The molecule has 2 saturated heterocycles. The number of aryl methyl sites for hydroxylation is 1. The van der Waals surface area contributed by atoms with Crippen molar-refractivity contribution in [2.24, 2.45) is 17.8 Å². The van der Waals surface area contributed by atoms with Gasteiger partial charge in [0, 0.05) is 23.0 Å². The van der Waals surface area contributed by atoms with E-state index in [2.05, 4.69) is 24.5 Å². The van der Waals surface area contributed by atoms with Gasteiger partial charge in [-0.3, -0.25) is 24.5 Å².